The van der Waals surface area contributed by atoms with E-state index < -0.39 is 0 Å². The third kappa shape index (κ3) is 2.40. The van der Waals surface area contributed by atoms with E-state index in [9.17, 15) is 4.79 Å². The van der Waals surface area contributed by atoms with E-state index in [0.717, 1.165) is 24.5 Å². The molecule has 2 N–H and O–H groups in total. The highest BCUT2D eigenvalue weighted by atomic mass is 16.1. The van der Waals surface area contributed by atoms with Crippen molar-refractivity contribution in [3.8, 4) is 0 Å². The molecule has 0 aromatic heterocycles. The largest absolute Gasteiger partial charge is 0.326 e. The second kappa shape index (κ2) is 4.63. The lowest BCUT2D eigenvalue weighted by Gasteiger charge is -2.16. The molecule has 0 atom stereocenters. The number of carbonyl (C=O) groups excluding carboxylic acids is 1. The highest BCUT2D eigenvalue weighted by Gasteiger charge is 2.17. The molecule has 0 bridgehead atoms. The van der Waals surface area contributed by atoms with E-state index in [1.54, 1.807) is 0 Å². The maximum Gasteiger partial charge on any atom is 0.228 e. The first-order chi connectivity index (χ1) is 7.69. The molecule has 0 saturated carbocycles. The van der Waals surface area contributed by atoms with Crippen LogP contribution in [0.3, 0.4) is 0 Å². The van der Waals surface area contributed by atoms with Gasteiger partial charge in [-0.05, 0) is 31.3 Å². The van der Waals surface area contributed by atoms with Crippen LogP contribution < -0.4 is 10.6 Å². The molecule has 0 aliphatic carbocycles. The third-order valence-electron chi connectivity index (χ3n) is 2.68. The normalized spacial score (nSPS) is 14.1. The molecule has 4 nitrogen and oxygen atoms in total. The summed E-state index contributed by atoms with van der Waals surface area (Å²) in [5.74, 6) is 0.0933. The second-order valence-electron chi connectivity index (χ2n) is 4.24. The monoisotopic (exact) mass is 219 g/mol. The molecule has 1 aliphatic heterocycles. The van der Waals surface area contributed by atoms with Gasteiger partial charge in [0.2, 0.25) is 5.91 Å². The number of rotatable bonds is 4. The zero-order chi connectivity index (χ0) is 11.5. The fourth-order valence-corrected chi connectivity index (χ4v) is 2.02. The number of benzene rings is 1. The molecule has 0 spiro atoms. The topological polar surface area (TPSA) is 44.4 Å². The second-order valence-corrected chi connectivity index (χ2v) is 4.24. The molecule has 0 unspecified atom stereocenters. The van der Waals surface area contributed by atoms with Crippen molar-refractivity contribution < 1.29 is 4.79 Å². The highest BCUT2D eigenvalue weighted by molar-refractivity contribution is 5.99. The average Bonchev–Trinajstić information content (AvgIpc) is 2.57. The molecule has 0 saturated heterocycles. The Morgan fingerprint density at radius 2 is 2.31 bits per heavy atom. The molecule has 1 heterocycles. The van der Waals surface area contributed by atoms with Gasteiger partial charge in [-0.15, -0.1) is 0 Å². The van der Waals surface area contributed by atoms with E-state index >= 15 is 0 Å². The molecular weight excluding hydrogens is 202 g/mol. The van der Waals surface area contributed by atoms with Gasteiger partial charge in [0.05, 0.1) is 6.42 Å². The van der Waals surface area contributed by atoms with Crippen molar-refractivity contribution in [3.63, 3.8) is 0 Å². The molecule has 1 aromatic rings. The van der Waals surface area contributed by atoms with Gasteiger partial charge in [0, 0.05) is 18.9 Å². The first-order valence-electron chi connectivity index (χ1n) is 5.44. The molecule has 0 radical (unpaired) electrons. The molecule has 1 aliphatic rings. The van der Waals surface area contributed by atoms with Gasteiger partial charge in [-0.25, -0.2) is 0 Å². The Labute approximate surface area is 95.6 Å². The molecule has 4 heteroatoms. The summed E-state index contributed by atoms with van der Waals surface area (Å²) < 4.78 is 0. The fourth-order valence-electron chi connectivity index (χ4n) is 2.02. The van der Waals surface area contributed by atoms with Crippen molar-refractivity contribution in [1.29, 1.82) is 0 Å². The number of fused-ring (bicyclic) bond motifs is 1. The number of amides is 1. The summed E-state index contributed by atoms with van der Waals surface area (Å²) in [6, 6.07) is 6.17. The lowest BCUT2D eigenvalue weighted by Crippen LogP contribution is -2.28. The van der Waals surface area contributed by atoms with E-state index in [4.69, 9.17) is 0 Å². The summed E-state index contributed by atoms with van der Waals surface area (Å²) >= 11 is 0. The van der Waals surface area contributed by atoms with Crippen LogP contribution >= 0.6 is 0 Å². The Hall–Kier alpha value is -1.39. The molecule has 0 fully saturated rings. The minimum absolute atomic E-state index is 0.0933. The number of carbonyl (C=O) groups is 1. The lowest BCUT2D eigenvalue weighted by molar-refractivity contribution is -0.115. The van der Waals surface area contributed by atoms with Crippen LogP contribution in [-0.2, 0) is 17.8 Å². The summed E-state index contributed by atoms with van der Waals surface area (Å²) in [6.45, 7) is 1.75. The molecule has 86 valence electrons. The van der Waals surface area contributed by atoms with Gasteiger partial charge < -0.3 is 10.6 Å². The van der Waals surface area contributed by atoms with Gasteiger partial charge in [-0.3, -0.25) is 9.69 Å². The van der Waals surface area contributed by atoms with E-state index in [2.05, 4.69) is 34.7 Å². The number of nitrogens with zero attached hydrogens (tertiary/aromatic N) is 1. The van der Waals surface area contributed by atoms with Crippen LogP contribution in [0.5, 0.6) is 0 Å². The summed E-state index contributed by atoms with van der Waals surface area (Å²) in [5, 5.41) is 5.94. The minimum Gasteiger partial charge on any atom is -0.326 e. The predicted octanol–water partition coefficient (Wildman–Crippen LogP) is 0.790. The van der Waals surface area contributed by atoms with E-state index in [0.29, 0.717) is 6.42 Å². The lowest BCUT2D eigenvalue weighted by atomic mass is 10.1. The highest BCUT2D eigenvalue weighted by Crippen LogP contribution is 2.24. The molecule has 2 rings (SSSR count). The van der Waals surface area contributed by atoms with Crippen LogP contribution in [0.4, 0.5) is 5.69 Å². The maximum atomic E-state index is 11.2. The van der Waals surface area contributed by atoms with Gasteiger partial charge >= 0.3 is 0 Å². The zero-order valence-electron chi connectivity index (χ0n) is 9.71. The smallest absolute Gasteiger partial charge is 0.228 e. The van der Waals surface area contributed by atoms with Gasteiger partial charge in [-0.2, -0.15) is 0 Å². The number of hydrogen-bond acceptors (Lipinski definition) is 3. The van der Waals surface area contributed by atoms with Gasteiger partial charge in [0.25, 0.3) is 0 Å². The average molecular weight is 219 g/mol. The minimum atomic E-state index is 0.0933. The Bertz CT molecular complexity index is 403. The van der Waals surface area contributed by atoms with Gasteiger partial charge in [0.15, 0.2) is 0 Å². The summed E-state index contributed by atoms with van der Waals surface area (Å²) in [5.41, 5.74) is 3.32. The molecule has 1 aromatic carbocycles. The van der Waals surface area contributed by atoms with Crippen LogP contribution in [0.2, 0.25) is 0 Å². The van der Waals surface area contributed by atoms with E-state index in [1.165, 1.54) is 5.56 Å². The predicted molar refractivity (Wildman–Crippen MR) is 64.2 cm³/mol. The molecular formula is C12H17N3O. The Kier molecular flexibility index (Phi) is 3.22. The Balaban J connectivity index is 2.07. The summed E-state index contributed by atoms with van der Waals surface area (Å²) in [6.07, 6.45) is 0.513. The number of nitrogens with one attached hydrogen (secondary N) is 2. The molecule has 1 amide bonds. The first kappa shape index (κ1) is 11.1. The number of hydrogen-bond donors (Lipinski definition) is 2. The van der Waals surface area contributed by atoms with Crippen molar-refractivity contribution in [2.75, 3.05) is 26.1 Å². The fraction of sp³-hybridized carbons (Fsp3) is 0.417. The van der Waals surface area contributed by atoms with Crippen molar-refractivity contribution in [3.05, 3.63) is 29.3 Å². The standard InChI is InChI=1S/C12H17N3O/c1-13-8-15(2)7-9-3-4-11-10(5-9)6-12(16)14-11/h3-5,13H,6-8H2,1-2H3,(H,14,16). The zero-order valence-corrected chi connectivity index (χ0v) is 9.71. The third-order valence-corrected chi connectivity index (χ3v) is 2.68. The van der Waals surface area contributed by atoms with E-state index in [-0.39, 0.29) is 5.91 Å². The number of anilines is 1. The van der Waals surface area contributed by atoms with Crippen LogP contribution in [-0.4, -0.2) is 31.6 Å². The quantitative estimate of drug-likeness (QED) is 0.736. The Morgan fingerprint density at radius 1 is 1.50 bits per heavy atom. The molecule has 16 heavy (non-hydrogen) atoms. The van der Waals surface area contributed by atoms with Crippen molar-refractivity contribution >= 4 is 11.6 Å². The maximum absolute atomic E-state index is 11.2. The van der Waals surface area contributed by atoms with Crippen LogP contribution in [0.1, 0.15) is 11.1 Å². The van der Waals surface area contributed by atoms with Gasteiger partial charge in [0.1, 0.15) is 0 Å². The van der Waals surface area contributed by atoms with Crippen LogP contribution in [0, 0.1) is 0 Å². The van der Waals surface area contributed by atoms with Crippen LogP contribution in [0.25, 0.3) is 0 Å². The van der Waals surface area contributed by atoms with Crippen molar-refractivity contribution in [2.45, 2.75) is 13.0 Å². The summed E-state index contributed by atoms with van der Waals surface area (Å²) in [7, 11) is 3.99. The van der Waals surface area contributed by atoms with Gasteiger partial charge in [-0.1, -0.05) is 12.1 Å². The van der Waals surface area contributed by atoms with Crippen molar-refractivity contribution in [1.82, 2.24) is 10.2 Å². The van der Waals surface area contributed by atoms with Crippen molar-refractivity contribution in [2.24, 2.45) is 0 Å². The Morgan fingerprint density at radius 3 is 3.06 bits per heavy atom. The summed E-state index contributed by atoms with van der Waals surface area (Å²) in [4.78, 5) is 13.4. The first-order valence-corrected chi connectivity index (χ1v) is 5.44. The SMILES string of the molecule is CNCN(C)Cc1ccc2c(c1)CC(=O)N2. The van der Waals surface area contributed by atoms with Crippen LogP contribution in [0.15, 0.2) is 18.2 Å². The van der Waals surface area contributed by atoms with E-state index in [1.807, 2.05) is 13.1 Å².